The highest BCUT2D eigenvalue weighted by Crippen LogP contribution is 2.11. The molecule has 0 aliphatic rings. The molecule has 0 saturated heterocycles. The molecule has 0 aliphatic carbocycles. The molecule has 0 fully saturated rings. The van der Waals surface area contributed by atoms with Gasteiger partial charge in [-0.1, -0.05) is 19.1 Å². The zero-order valence-corrected chi connectivity index (χ0v) is 13.6. The summed E-state index contributed by atoms with van der Waals surface area (Å²) >= 11 is 0. The van der Waals surface area contributed by atoms with Crippen LogP contribution in [0.15, 0.2) is 42.7 Å². The van der Waals surface area contributed by atoms with Crippen LogP contribution in [-0.4, -0.2) is 31.1 Å². The molecule has 5 nitrogen and oxygen atoms in total. The summed E-state index contributed by atoms with van der Waals surface area (Å²) in [4.78, 5) is 16.3. The van der Waals surface area contributed by atoms with Gasteiger partial charge in [-0.15, -0.1) is 0 Å². The number of aromatic nitrogens is 1. The first kappa shape index (κ1) is 16.8. The predicted octanol–water partition coefficient (Wildman–Crippen LogP) is 2.88. The van der Waals surface area contributed by atoms with E-state index < -0.39 is 0 Å². The Morgan fingerprint density at radius 1 is 1.17 bits per heavy atom. The first-order valence-electron chi connectivity index (χ1n) is 7.83. The summed E-state index contributed by atoms with van der Waals surface area (Å²) in [6.07, 6.45) is 5.11. The molecule has 1 aromatic carbocycles. The number of nitrogens with one attached hydrogen (secondary N) is 2. The lowest BCUT2D eigenvalue weighted by molar-refractivity contribution is 0.0954. The average Bonchev–Trinajstić information content (AvgIpc) is 2.60. The van der Waals surface area contributed by atoms with Crippen LogP contribution in [0, 0.1) is 0 Å². The van der Waals surface area contributed by atoms with E-state index >= 15 is 0 Å². The van der Waals surface area contributed by atoms with Crippen molar-refractivity contribution in [3.8, 4) is 5.75 Å². The number of pyridine rings is 1. The fourth-order valence-electron chi connectivity index (χ4n) is 2.14. The van der Waals surface area contributed by atoms with Gasteiger partial charge in [-0.2, -0.15) is 0 Å². The Morgan fingerprint density at radius 2 is 1.96 bits per heavy atom. The van der Waals surface area contributed by atoms with Gasteiger partial charge >= 0.3 is 0 Å². The number of ether oxygens (including phenoxy) is 1. The maximum Gasteiger partial charge on any atom is 0.252 e. The fourth-order valence-corrected chi connectivity index (χ4v) is 2.14. The summed E-state index contributed by atoms with van der Waals surface area (Å²) in [5.74, 6) is 0.728. The molecule has 1 aromatic heterocycles. The van der Waals surface area contributed by atoms with Crippen molar-refractivity contribution in [2.24, 2.45) is 0 Å². The van der Waals surface area contributed by atoms with Crippen LogP contribution in [0.4, 0.5) is 5.69 Å². The Morgan fingerprint density at radius 3 is 2.65 bits per heavy atom. The lowest BCUT2D eigenvalue weighted by Gasteiger charge is -2.08. The van der Waals surface area contributed by atoms with Crippen molar-refractivity contribution in [2.45, 2.75) is 19.8 Å². The second kappa shape index (κ2) is 8.78. The van der Waals surface area contributed by atoms with E-state index in [2.05, 4.69) is 22.5 Å². The minimum absolute atomic E-state index is 0.105. The number of benzene rings is 1. The Hall–Kier alpha value is -2.56. The van der Waals surface area contributed by atoms with Crippen molar-refractivity contribution in [3.63, 3.8) is 0 Å². The van der Waals surface area contributed by atoms with Crippen LogP contribution in [0.25, 0.3) is 0 Å². The minimum Gasteiger partial charge on any atom is -0.497 e. The number of nitrogens with zero attached hydrogens (tertiary/aromatic N) is 1. The largest absolute Gasteiger partial charge is 0.497 e. The minimum atomic E-state index is -0.105. The van der Waals surface area contributed by atoms with Gasteiger partial charge in [0, 0.05) is 25.5 Å². The van der Waals surface area contributed by atoms with E-state index in [1.54, 1.807) is 19.5 Å². The molecule has 0 unspecified atom stereocenters. The van der Waals surface area contributed by atoms with Crippen LogP contribution in [0.2, 0.25) is 0 Å². The molecule has 0 aliphatic heterocycles. The van der Waals surface area contributed by atoms with E-state index in [0.29, 0.717) is 12.1 Å². The van der Waals surface area contributed by atoms with Gasteiger partial charge in [0.05, 0.1) is 18.4 Å². The zero-order chi connectivity index (χ0) is 16.5. The first-order valence-corrected chi connectivity index (χ1v) is 7.83. The van der Waals surface area contributed by atoms with E-state index in [9.17, 15) is 4.79 Å². The molecule has 0 atom stereocenters. The van der Waals surface area contributed by atoms with Gasteiger partial charge in [0.25, 0.3) is 5.91 Å². The SMILES string of the molecule is CCCNc1cncc(C(=O)NCCc2ccc(OC)cc2)c1. The van der Waals surface area contributed by atoms with Gasteiger partial charge in [0.2, 0.25) is 0 Å². The molecule has 0 spiro atoms. The second-order valence-corrected chi connectivity index (χ2v) is 5.24. The van der Waals surface area contributed by atoms with Crippen LogP contribution in [0.5, 0.6) is 5.75 Å². The van der Waals surface area contributed by atoms with Crippen LogP contribution >= 0.6 is 0 Å². The first-order chi connectivity index (χ1) is 11.2. The topological polar surface area (TPSA) is 63.2 Å². The molecule has 5 heteroatoms. The van der Waals surface area contributed by atoms with Crippen molar-refractivity contribution in [2.75, 3.05) is 25.5 Å². The molecule has 23 heavy (non-hydrogen) atoms. The van der Waals surface area contributed by atoms with Gasteiger partial charge < -0.3 is 15.4 Å². The van der Waals surface area contributed by atoms with Crippen molar-refractivity contribution in [1.29, 1.82) is 0 Å². The van der Waals surface area contributed by atoms with Crippen LogP contribution in [0.3, 0.4) is 0 Å². The van der Waals surface area contributed by atoms with Gasteiger partial charge in [0.15, 0.2) is 0 Å². The molecule has 1 amide bonds. The number of carbonyl (C=O) groups excluding carboxylic acids is 1. The van der Waals surface area contributed by atoms with Crippen LogP contribution in [0.1, 0.15) is 29.3 Å². The van der Waals surface area contributed by atoms with E-state index in [4.69, 9.17) is 4.74 Å². The number of hydrogen-bond donors (Lipinski definition) is 2. The van der Waals surface area contributed by atoms with E-state index in [0.717, 1.165) is 36.4 Å². The number of hydrogen-bond acceptors (Lipinski definition) is 4. The molecule has 1 heterocycles. The summed E-state index contributed by atoms with van der Waals surface area (Å²) in [6.45, 7) is 3.54. The monoisotopic (exact) mass is 313 g/mol. The third-order valence-electron chi connectivity index (χ3n) is 3.44. The Labute approximate surface area is 137 Å². The highest BCUT2D eigenvalue weighted by molar-refractivity contribution is 5.94. The molecular weight excluding hydrogens is 290 g/mol. The van der Waals surface area contributed by atoms with E-state index in [1.807, 2.05) is 30.3 Å². The molecular formula is C18H23N3O2. The maximum absolute atomic E-state index is 12.2. The summed E-state index contributed by atoms with van der Waals surface area (Å²) in [6, 6.07) is 9.67. The van der Waals surface area contributed by atoms with Gasteiger partial charge in [-0.3, -0.25) is 9.78 Å². The van der Waals surface area contributed by atoms with Crippen molar-refractivity contribution in [3.05, 3.63) is 53.9 Å². The maximum atomic E-state index is 12.2. The normalized spacial score (nSPS) is 10.2. The molecule has 122 valence electrons. The number of carbonyl (C=O) groups is 1. The molecule has 0 bridgehead atoms. The standard InChI is InChI=1S/C18H23N3O2/c1-3-9-20-16-11-15(12-19-13-16)18(22)21-10-8-14-4-6-17(23-2)7-5-14/h4-7,11-13,20H,3,8-10H2,1-2H3,(H,21,22). The second-order valence-electron chi connectivity index (χ2n) is 5.24. The number of anilines is 1. The van der Waals surface area contributed by atoms with Gasteiger partial charge in [-0.25, -0.2) is 0 Å². The molecule has 0 radical (unpaired) electrons. The third-order valence-corrected chi connectivity index (χ3v) is 3.44. The fraction of sp³-hybridized carbons (Fsp3) is 0.333. The van der Waals surface area contributed by atoms with Gasteiger partial charge in [-0.05, 0) is 36.6 Å². The van der Waals surface area contributed by atoms with Crippen molar-refractivity contribution < 1.29 is 9.53 Å². The highest BCUT2D eigenvalue weighted by Gasteiger charge is 2.06. The summed E-state index contributed by atoms with van der Waals surface area (Å²) in [5, 5.41) is 6.15. The van der Waals surface area contributed by atoms with E-state index in [1.165, 1.54) is 0 Å². The lowest BCUT2D eigenvalue weighted by atomic mass is 10.1. The van der Waals surface area contributed by atoms with Gasteiger partial charge in [0.1, 0.15) is 5.75 Å². The van der Waals surface area contributed by atoms with Crippen molar-refractivity contribution >= 4 is 11.6 Å². The Balaban J connectivity index is 1.84. The Bertz CT molecular complexity index is 626. The molecule has 2 rings (SSSR count). The number of methoxy groups -OCH3 is 1. The smallest absolute Gasteiger partial charge is 0.252 e. The lowest BCUT2D eigenvalue weighted by Crippen LogP contribution is -2.25. The van der Waals surface area contributed by atoms with Crippen molar-refractivity contribution in [1.82, 2.24) is 10.3 Å². The molecule has 0 saturated carbocycles. The zero-order valence-electron chi connectivity index (χ0n) is 13.6. The quantitative estimate of drug-likeness (QED) is 0.786. The molecule has 2 aromatic rings. The van der Waals surface area contributed by atoms with Crippen LogP contribution in [-0.2, 0) is 6.42 Å². The molecule has 2 N–H and O–H groups in total. The number of amides is 1. The number of rotatable bonds is 8. The third kappa shape index (κ3) is 5.29. The Kier molecular flexibility index (Phi) is 6.41. The van der Waals surface area contributed by atoms with Crippen LogP contribution < -0.4 is 15.4 Å². The highest BCUT2D eigenvalue weighted by atomic mass is 16.5. The summed E-state index contributed by atoms with van der Waals surface area (Å²) in [5.41, 5.74) is 2.60. The predicted molar refractivity (Wildman–Crippen MR) is 92.0 cm³/mol. The average molecular weight is 313 g/mol. The van der Waals surface area contributed by atoms with E-state index in [-0.39, 0.29) is 5.91 Å². The summed E-state index contributed by atoms with van der Waals surface area (Å²) < 4.78 is 5.13. The summed E-state index contributed by atoms with van der Waals surface area (Å²) in [7, 11) is 1.65.